The van der Waals surface area contributed by atoms with Crippen LogP contribution < -0.4 is 10.1 Å². The number of aryl methyl sites for hydroxylation is 3. The summed E-state index contributed by atoms with van der Waals surface area (Å²) in [6.07, 6.45) is 0. The van der Waals surface area contributed by atoms with Crippen LogP contribution in [-0.4, -0.2) is 27.2 Å². The lowest BCUT2D eigenvalue weighted by molar-refractivity contribution is -0.385. The van der Waals surface area contributed by atoms with E-state index in [4.69, 9.17) is 4.74 Å². The summed E-state index contributed by atoms with van der Waals surface area (Å²) >= 11 is 0. The number of nitrogens with zero attached hydrogens (tertiary/aromatic N) is 3. The van der Waals surface area contributed by atoms with Crippen LogP contribution in [0.15, 0.2) is 24.3 Å². The Bertz CT molecular complexity index is 724. The number of anilines is 1. The maximum Gasteiger partial charge on any atom is 0.272 e. The molecule has 1 amide bonds. The molecule has 0 fully saturated rings. The Hall–Kier alpha value is -2.90. The average Bonchev–Trinajstić information content (AvgIpc) is 2.74. The molecule has 8 heteroatoms. The molecule has 1 N–H and O–H groups in total. The lowest BCUT2D eigenvalue weighted by atomic mass is 10.2. The number of rotatable bonds is 5. The smallest absolute Gasteiger partial charge is 0.272 e. The van der Waals surface area contributed by atoms with E-state index in [-0.39, 0.29) is 18.2 Å². The summed E-state index contributed by atoms with van der Waals surface area (Å²) in [5.41, 5.74) is 1.29. The van der Waals surface area contributed by atoms with Crippen LogP contribution in [0, 0.1) is 24.0 Å². The monoisotopic (exact) mass is 304 g/mol. The van der Waals surface area contributed by atoms with Crippen LogP contribution in [0.5, 0.6) is 5.75 Å². The van der Waals surface area contributed by atoms with Gasteiger partial charge in [0, 0.05) is 24.7 Å². The van der Waals surface area contributed by atoms with Gasteiger partial charge in [0.25, 0.3) is 11.6 Å². The van der Waals surface area contributed by atoms with E-state index < -0.39 is 4.92 Å². The van der Waals surface area contributed by atoms with E-state index in [1.54, 1.807) is 24.7 Å². The van der Waals surface area contributed by atoms with Crippen molar-refractivity contribution in [2.75, 3.05) is 11.9 Å². The highest BCUT2D eigenvalue weighted by Crippen LogP contribution is 2.23. The minimum atomic E-state index is -0.462. The Morgan fingerprint density at radius 2 is 2.14 bits per heavy atom. The highest BCUT2D eigenvalue weighted by molar-refractivity contribution is 5.91. The number of hydrogen-bond donors (Lipinski definition) is 1. The molecule has 2 rings (SSSR count). The number of hydrogen-bond acceptors (Lipinski definition) is 5. The quantitative estimate of drug-likeness (QED) is 0.672. The molecular weight excluding hydrogens is 288 g/mol. The van der Waals surface area contributed by atoms with E-state index >= 15 is 0 Å². The number of amides is 1. The summed E-state index contributed by atoms with van der Waals surface area (Å²) in [5.74, 6) is 0.643. The fraction of sp³-hybridized carbons (Fsp3) is 0.286. The number of benzene rings is 1. The normalized spacial score (nSPS) is 10.3. The Balaban J connectivity index is 1.95. The molecule has 1 aromatic heterocycles. The fourth-order valence-corrected chi connectivity index (χ4v) is 1.98. The van der Waals surface area contributed by atoms with Crippen LogP contribution in [0.4, 0.5) is 11.5 Å². The Labute approximate surface area is 126 Å². The second-order valence-corrected chi connectivity index (χ2v) is 4.84. The van der Waals surface area contributed by atoms with Crippen LogP contribution in [-0.2, 0) is 11.8 Å². The summed E-state index contributed by atoms with van der Waals surface area (Å²) in [7, 11) is 1.73. The first kappa shape index (κ1) is 15.5. The third-order valence-corrected chi connectivity index (χ3v) is 3.00. The largest absolute Gasteiger partial charge is 0.484 e. The van der Waals surface area contributed by atoms with Gasteiger partial charge in [0.2, 0.25) is 0 Å². The Morgan fingerprint density at radius 1 is 1.41 bits per heavy atom. The summed E-state index contributed by atoms with van der Waals surface area (Å²) in [6.45, 7) is 3.25. The molecule has 0 aliphatic heterocycles. The molecule has 116 valence electrons. The maximum atomic E-state index is 11.8. The first-order chi connectivity index (χ1) is 10.4. The zero-order valence-corrected chi connectivity index (χ0v) is 12.5. The molecule has 0 saturated heterocycles. The van der Waals surface area contributed by atoms with Gasteiger partial charge in [-0.05, 0) is 26.0 Å². The number of carbonyl (C=O) groups excluding carboxylic acids is 1. The van der Waals surface area contributed by atoms with Crippen LogP contribution in [0.3, 0.4) is 0 Å². The lowest BCUT2D eigenvalue weighted by Gasteiger charge is -2.08. The van der Waals surface area contributed by atoms with E-state index in [0.29, 0.717) is 17.1 Å². The molecule has 0 atom stereocenters. The molecule has 0 spiro atoms. The number of nitrogens with one attached hydrogen (secondary N) is 1. The van der Waals surface area contributed by atoms with Crippen molar-refractivity contribution in [2.45, 2.75) is 13.8 Å². The zero-order chi connectivity index (χ0) is 16.3. The van der Waals surface area contributed by atoms with Crippen molar-refractivity contribution in [2.24, 2.45) is 7.05 Å². The van der Waals surface area contributed by atoms with E-state index in [0.717, 1.165) is 5.69 Å². The van der Waals surface area contributed by atoms with Gasteiger partial charge >= 0.3 is 0 Å². The minimum Gasteiger partial charge on any atom is -0.484 e. The van der Waals surface area contributed by atoms with Crippen LogP contribution in [0.1, 0.15) is 11.3 Å². The SMILES string of the molecule is Cc1cc(NC(=O)COc2ccc([N+](=O)[O-])c(C)c2)n(C)n1. The molecule has 0 aliphatic rings. The second-order valence-electron chi connectivity index (χ2n) is 4.84. The van der Waals surface area contributed by atoms with Crippen molar-refractivity contribution >= 4 is 17.4 Å². The number of ether oxygens (including phenoxy) is 1. The van der Waals surface area contributed by atoms with Crippen molar-refractivity contribution in [1.29, 1.82) is 0 Å². The second kappa shape index (κ2) is 6.25. The van der Waals surface area contributed by atoms with E-state index in [1.165, 1.54) is 18.2 Å². The lowest BCUT2D eigenvalue weighted by Crippen LogP contribution is -2.21. The molecular formula is C14H16N4O4. The number of nitro benzene ring substituents is 1. The summed E-state index contributed by atoms with van der Waals surface area (Å²) < 4.78 is 6.90. The molecule has 0 saturated carbocycles. The summed E-state index contributed by atoms with van der Waals surface area (Å²) in [6, 6.07) is 6.09. The van der Waals surface area contributed by atoms with Gasteiger partial charge < -0.3 is 10.1 Å². The predicted molar refractivity (Wildman–Crippen MR) is 79.9 cm³/mol. The van der Waals surface area contributed by atoms with E-state index in [2.05, 4.69) is 10.4 Å². The molecule has 2 aromatic rings. The van der Waals surface area contributed by atoms with Gasteiger partial charge in [-0.2, -0.15) is 5.10 Å². The molecule has 1 heterocycles. The molecule has 0 aliphatic carbocycles. The van der Waals surface area contributed by atoms with Crippen LogP contribution in [0.25, 0.3) is 0 Å². The Morgan fingerprint density at radius 3 is 2.68 bits per heavy atom. The minimum absolute atomic E-state index is 0.0159. The number of nitro groups is 1. The van der Waals surface area contributed by atoms with Gasteiger partial charge in [0.05, 0.1) is 10.6 Å². The summed E-state index contributed by atoms with van der Waals surface area (Å²) in [5, 5.41) is 17.5. The number of carbonyl (C=O) groups is 1. The van der Waals surface area contributed by atoms with Crippen molar-refractivity contribution < 1.29 is 14.5 Å². The maximum absolute atomic E-state index is 11.8. The van der Waals surface area contributed by atoms with Crippen molar-refractivity contribution in [3.63, 3.8) is 0 Å². The molecule has 0 radical (unpaired) electrons. The van der Waals surface area contributed by atoms with Gasteiger partial charge in [-0.25, -0.2) is 0 Å². The highest BCUT2D eigenvalue weighted by atomic mass is 16.6. The Kier molecular flexibility index (Phi) is 4.40. The third kappa shape index (κ3) is 3.60. The fourth-order valence-electron chi connectivity index (χ4n) is 1.98. The zero-order valence-electron chi connectivity index (χ0n) is 12.5. The van der Waals surface area contributed by atoms with Crippen LogP contribution >= 0.6 is 0 Å². The molecule has 8 nitrogen and oxygen atoms in total. The summed E-state index contributed by atoms with van der Waals surface area (Å²) in [4.78, 5) is 22.1. The molecule has 0 bridgehead atoms. The van der Waals surface area contributed by atoms with Gasteiger partial charge in [-0.15, -0.1) is 0 Å². The third-order valence-electron chi connectivity index (χ3n) is 3.00. The van der Waals surface area contributed by atoms with Crippen molar-refractivity contribution in [3.8, 4) is 5.75 Å². The first-order valence-corrected chi connectivity index (χ1v) is 6.55. The highest BCUT2D eigenvalue weighted by Gasteiger charge is 2.12. The molecule has 0 unspecified atom stereocenters. The van der Waals surface area contributed by atoms with Gasteiger partial charge in [-0.3, -0.25) is 19.6 Å². The topological polar surface area (TPSA) is 99.3 Å². The first-order valence-electron chi connectivity index (χ1n) is 6.55. The van der Waals surface area contributed by atoms with Crippen LogP contribution in [0.2, 0.25) is 0 Å². The van der Waals surface area contributed by atoms with Crippen molar-refractivity contribution in [3.05, 3.63) is 45.6 Å². The number of aromatic nitrogens is 2. The van der Waals surface area contributed by atoms with Gasteiger partial charge in [-0.1, -0.05) is 0 Å². The van der Waals surface area contributed by atoms with E-state index in [1.807, 2.05) is 6.92 Å². The van der Waals surface area contributed by atoms with Gasteiger partial charge in [0.1, 0.15) is 11.6 Å². The van der Waals surface area contributed by atoms with E-state index in [9.17, 15) is 14.9 Å². The standard InChI is InChI=1S/C14H16N4O4/c1-9-6-11(4-5-12(9)18(20)21)22-8-14(19)15-13-7-10(2)16-17(13)3/h4-7H,8H2,1-3H3,(H,15,19). The molecule has 1 aromatic carbocycles. The average molecular weight is 304 g/mol. The van der Waals surface area contributed by atoms with Gasteiger partial charge in [0.15, 0.2) is 6.61 Å². The van der Waals surface area contributed by atoms with Crippen molar-refractivity contribution in [1.82, 2.24) is 9.78 Å². The predicted octanol–water partition coefficient (Wildman–Crippen LogP) is 1.96. The molecule has 22 heavy (non-hydrogen) atoms.